The Morgan fingerprint density at radius 2 is 1.63 bits per heavy atom. The van der Waals surface area contributed by atoms with Gasteiger partial charge in [-0.1, -0.05) is 6.92 Å². The summed E-state index contributed by atoms with van der Waals surface area (Å²) in [5.41, 5.74) is 1.32. The second-order valence-electron chi connectivity index (χ2n) is 7.29. The molecule has 2 atom stereocenters. The molecule has 8 heteroatoms. The molecular weight excluding hydrogens is 374 g/mol. The Hall–Kier alpha value is -2.03. The molecule has 27 heavy (non-hydrogen) atoms. The van der Waals surface area contributed by atoms with Gasteiger partial charge in [-0.3, -0.25) is 0 Å². The molecule has 144 valence electrons. The molecule has 2 aromatic carbocycles. The first-order valence-electron chi connectivity index (χ1n) is 8.77. The van der Waals surface area contributed by atoms with Crippen LogP contribution in [-0.4, -0.2) is 47.3 Å². The zero-order valence-corrected chi connectivity index (χ0v) is 15.6. The lowest BCUT2D eigenvalue weighted by Gasteiger charge is -2.20. The Morgan fingerprint density at radius 1 is 1.07 bits per heavy atom. The van der Waals surface area contributed by atoms with Crippen molar-refractivity contribution in [2.75, 3.05) is 18.8 Å². The Labute approximate surface area is 155 Å². The average Bonchev–Trinajstić information content (AvgIpc) is 3.00. The maximum absolute atomic E-state index is 13.7. The smallest absolute Gasteiger partial charge is 0.214 e. The highest BCUT2D eigenvalue weighted by molar-refractivity contribution is 7.89. The standard InChI is InChI=1S/C19H20F2N2O3S/c1-12-8-22(27(25,26)11-12)9-15(24)10-23-18-4-2-13(20)6-16(18)17-7-14(21)3-5-19(17)23/h2-7,12,15,24H,8-11H2,1H3. The minimum absolute atomic E-state index is 0.00374. The van der Waals surface area contributed by atoms with Crippen molar-refractivity contribution < 1.29 is 22.3 Å². The number of β-amino-alcohol motifs (C(OH)–C–C–N with tert-alkyl or cyclic N) is 1. The summed E-state index contributed by atoms with van der Waals surface area (Å²) in [5.74, 6) is -0.735. The van der Waals surface area contributed by atoms with Gasteiger partial charge in [0.25, 0.3) is 0 Å². The third-order valence-corrected chi connectivity index (χ3v) is 7.08. The minimum atomic E-state index is -3.34. The molecule has 0 aliphatic carbocycles. The number of halogens is 2. The summed E-state index contributed by atoms with van der Waals surface area (Å²) in [7, 11) is -3.34. The maximum Gasteiger partial charge on any atom is 0.214 e. The third kappa shape index (κ3) is 3.33. The summed E-state index contributed by atoms with van der Waals surface area (Å²) in [6, 6.07) is 8.48. The Morgan fingerprint density at radius 3 is 2.11 bits per heavy atom. The highest BCUT2D eigenvalue weighted by atomic mass is 32.2. The molecule has 4 rings (SSSR count). The van der Waals surface area contributed by atoms with Gasteiger partial charge in [0.2, 0.25) is 10.0 Å². The SMILES string of the molecule is CC1CN(CC(O)Cn2c3ccc(F)cc3c3cc(F)ccc32)S(=O)(=O)C1. The van der Waals surface area contributed by atoms with E-state index in [0.717, 1.165) is 0 Å². The van der Waals surface area contributed by atoms with Gasteiger partial charge < -0.3 is 9.67 Å². The fourth-order valence-corrected chi connectivity index (χ4v) is 5.83. The summed E-state index contributed by atoms with van der Waals surface area (Å²) in [6.07, 6.45) is -0.945. The van der Waals surface area contributed by atoms with Crippen LogP contribution in [0.3, 0.4) is 0 Å². The van der Waals surface area contributed by atoms with Gasteiger partial charge in [-0.2, -0.15) is 4.31 Å². The number of aromatic nitrogens is 1. The van der Waals surface area contributed by atoms with E-state index in [9.17, 15) is 22.3 Å². The molecule has 2 heterocycles. The first-order valence-corrected chi connectivity index (χ1v) is 10.4. The fourth-order valence-electron chi connectivity index (χ4n) is 3.92. The zero-order chi connectivity index (χ0) is 19.3. The highest BCUT2D eigenvalue weighted by Crippen LogP contribution is 2.31. The number of benzene rings is 2. The lowest BCUT2D eigenvalue weighted by atomic mass is 10.1. The van der Waals surface area contributed by atoms with Crippen molar-refractivity contribution in [1.29, 1.82) is 0 Å². The number of hydrogen-bond donors (Lipinski definition) is 1. The molecule has 0 amide bonds. The van der Waals surface area contributed by atoms with E-state index in [1.165, 1.54) is 28.6 Å². The largest absolute Gasteiger partial charge is 0.390 e. The maximum atomic E-state index is 13.7. The quantitative estimate of drug-likeness (QED) is 0.740. The predicted octanol–water partition coefficient (Wildman–Crippen LogP) is 2.72. The molecular formula is C19H20F2N2O3S. The normalized spacial score (nSPS) is 21.3. The van der Waals surface area contributed by atoms with Gasteiger partial charge in [-0.15, -0.1) is 0 Å². The van der Waals surface area contributed by atoms with Gasteiger partial charge in [-0.25, -0.2) is 17.2 Å². The van der Waals surface area contributed by atoms with E-state index >= 15 is 0 Å². The van der Waals surface area contributed by atoms with Gasteiger partial charge in [0, 0.05) is 34.9 Å². The molecule has 1 aromatic heterocycles. The molecule has 1 fully saturated rings. The summed E-state index contributed by atoms with van der Waals surface area (Å²) in [4.78, 5) is 0. The van der Waals surface area contributed by atoms with Crippen molar-refractivity contribution in [2.24, 2.45) is 5.92 Å². The van der Waals surface area contributed by atoms with Gasteiger partial charge >= 0.3 is 0 Å². The molecule has 1 aliphatic rings. The summed E-state index contributed by atoms with van der Waals surface area (Å²) < 4.78 is 54.8. The second kappa shape index (κ2) is 6.54. The molecule has 1 aliphatic heterocycles. The van der Waals surface area contributed by atoms with Crippen LogP contribution in [0.5, 0.6) is 0 Å². The minimum Gasteiger partial charge on any atom is -0.390 e. The van der Waals surface area contributed by atoms with E-state index in [-0.39, 0.29) is 24.8 Å². The van der Waals surface area contributed by atoms with E-state index in [4.69, 9.17) is 0 Å². The van der Waals surface area contributed by atoms with Crippen LogP contribution in [-0.2, 0) is 16.6 Å². The lowest BCUT2D eigenvalue weighted by molar-refractivity contribution is 0.131. The second-order valence-corrected chi connectivity index (χ2v) is 9.30. The molecule has 0 bridgehead atoms. The molecule has 5 nitrogen and oxygen atoms in total. The molecule has 0 radical (unpaired) electrons. The monoisotopic (exact) mass is 394 g/mol. The molecule has 2 unspecified atom stereocenters. The first kappa shape index (κ1) is 18.3. The number of fused-ring (bicyclic) bond motifs is 3. The van der Waals surface area contributed by atoms with Crippen molar-refractivity contribution in [2.45, 2.75) is 19.6 Å². The fraction of sp³-hybridized carbons (Fsp3) is 0.368. The van der Waals surface area contributed by atoms with E-state index < -0.39 is 27.8 Å². The van der Waals surface area contributed by atoms with E-state index in [2.05, 4.69) is 0 Å². The van der Waals surface area contributed by atoms with Gasteiger partial charge in [-0.05, 0) is 42.3 Å². The third-order valence-electron chi connectivity index (χ3n) is 5.00. The van der Waals surface area contributed by atoms with Crippen molar-refractivity contribution in [3.05, 3.63) is 48.0 Å². The van der Waals surface area contributed by atoms with Crippen LogP contribution in [0.4, 0.5) is 8.78 Å². The van der Waals surface area contributed by atoms with Gasteiger partial charge in [0.05, 0.1) is 18.4 Å². The average molecular weight is 394 g/mol. The van der Waals surface area contributed by atoms with Crippen molar-refractivity contribution >= 4 is 31.8 Å². The van der Waals surface area contributed by atoms with E-state index in [1.54, 1.807) is 16.7 Å². The van der Waals surface area contributed by atoms with Crippen molar-refractivity contribution in [3.8, 4) is 0 Å². The first-order chi connectivity index (χ1) is 12.7. The summed E-state index contributed by atoms with van der Waals surface area (Å²) in [5, 5.41) is 11.7. The summed E-state index contributed by atoms with van der Waals surface area (Å²) in [6.45, 7) is 2.37. The number of aliphatic hydroxyl groups excluding tert-OH is 1. The van der Waals surface area contributed by atoms with Crippen molar-refractivity contribution in [1.82, 2.24) is 8.87 Å². The van der Waals surface area contributed by atoms with Gasteiger partial charge in [0.1, 0.15) is 11.6 Å². The number of rotatable bonds is 4. The molecule has 0 saturated carbocycles. The number of sulfonamides is 1. The van der Waals surface area contributed by atoms with Crippen LogP contribution in [0.1, 0.15) is 6.92 Å². The highest BCUT2D eigenvalue weighted by Gasteiger charge is 2.34. The van der Waals surface area contributed by atoms with Crippen LogP contribution < -0.4 is 0 Å². The topological polar surface area (TPSA) is 62.5 Å². The summed E-state index contributed by atoms with van der Waals surface area (Å²) >= 11 is 0. The molecule has 0 spiro atoms. The van der Waals surface area contributed by atoms with E-state index in [1.807, 2.05) is 6.92 Å². The van der Waals surface area contributed by atoms with E-state index in [0.29, 0.717) is 28.4 Å². The van der Waals surface area contributed by atoms with Crippen LogP contribution >= 0.6 is 0 Å². The lowest BCUT2D eigenvalue weighted by Crippen LogP contribution is -2.36. The van der Waals surface area contributed by atoms with Crippen LogP contribution in [0.2, 0.25) is 0 Å². The molecule has 3 aromatic rings. The zero-order valence-electron chi connectivity index (χ0n) is 14.8. The van der Waals surface area contributed by atoms with Crippen LogP contribution in [0.15, 0.2) is 36.4 Å². The predicted molar refractivity (Wildman–Crippen MR) is 99.9 cm³/mol. The van der Waals surface area contributed by atoms with Crippen molar-refractivity contribution in [3.63, 3.8) is 0 Å². The van der Waals surface area contributed by atoms with Crippen LogP contribution in [0, 0.1) is 17.6 Å². The molecule has 1 saturated heterocycles. The van der Waals surface area contributed by atoms with Crippen LogP contribution in [0.25, 0.3) is 21.8 Å². The Balaban J connectivity index is 1.71. The Bertz CT molecular complexity index is 1070. The van der Waals surface area contributed by atoms with Gasteiger partial charge in [0.15, 0.2) is 0 Å². The number of hydrogen-bond acceptors (Lipinski definition) is 3. The Kier molecular flexibility index (Phi) is 4.44. The number of nitrogens with zero attached hydrogens (tertiary/aromatic N) is 2. The number of aliphatic hydroxyl groups is 1. The molecule has 1 N–H and O–H groups in total.